The van der Waals surface area contributed by atoms with Gasteiger partial charge in [0.15, 0.2) is 36.2 Å². The summed E-state index contributed by atoms with van der Waals surface area (Å²) in [6, 6.07) is 5.69. The fourth-order valence-corrected chi connectivity index (χ4v) is 9.28. The van der Waals surface area contributed by atoms with Crippen LogP contribution in [0, 0.1) is 0 Å². The molecule has 13 atom stereocenters. The Balaban J connectivity index is 1.14. The molecule has 2 aromatic rings. The van der Waals surface area contributed by atoms with Gasteiger partial charge in [-0.15, -0.1) is 0 Å². The molecule has 3 saturated heterocycles. The number of hydrogen-bond acceptors (Lipinski definition) is 16. The number of aliphatic hydroxyl groups excluding tert-OH is 1. The highest BCUT2D eigenvalue weighted by atomic mass is 16.7. The Morgan fingerprint density at radius 2 is 1.41 bits per heavy atom. The molecule has 0 aromatic heterocycles. The van der Waals surface area contributed by atoms with Crippen LogP contribution < -0.4 is 0 Å². The normalized spacial score (nSPS) is 36.3. The number of ether oxygens (including phenoxy) is 7. The zero-order chi connectivity index (χ0) is 42.0. The van der Waals surface area contributed by atoms with Crippen molar-refractivity contribution in [2.24, 2.45) is 0 Å². The summed E-state index contributed by atoms with van der Waals surface area (Å²) in [6.45, 7) is 6.88. The van der Waals surface area contributed by atoms with Crippen molar-refractivity contribution in [1.82, 2.24) is 4.90 Å². The molecule has 58 heavy (non-hydrogen) atoms. The molecule has 0 saturated carbocycles. The van der Waals surface area contributed by atoms with Gasteiger partial charge in [0.1, 0.15) is 35.7 Å². The smallest absolute Gasteiger partial charge is 0.316 e. The van der Waals surface area contributed by atoms with Gasteiger partial charge in [0.2, 0.25) is 0 Å². The van der Waals surface area contributed by atoms with Gasteiger partial charge in [0.05, 0.1) is 48.3 Å². The summed E-state index contributed by atoms with van der Waals surface area (Å²) in [6.07, 6.45) is -7.05. The molecular formula is C42H53NO15. The van der Waals surface area contributed by atoms with Gasteiger partial charge in [-0.2, -0.15) is 0 Å². The van der Waals surface area contributed by atoms with Crippen LogP contribution in [0.4, 0.5) is 0 Å². The highest BCUT2D eigenvalue weighted by Gasteiger charge is 2.55. The van der Waals surface area contributed by atoms with E-state index in [4.69, 9.17) is 33.2 Å². The SMILES string of the molecule is CCC1(O)C[C@H](O[C@H]2C[C@H](N(C)C)[C@H](O[C@H]3C[C@H](O)[C@H](O[C@H]4CCC(=O)[C@H](C)O4)[C@H](C)O3)[C@H](C)O2)c2c(O)c3c(c(O)c2[C@H]1C(=O)OC)C(=O)c1ccccc1C3=O. The molecule has 5 aliphatic rings. The lowest BCUT2D eigenvalue weighted by molar-refractivity contribution is -0.324. The maximum Gasteiger partial charge on any atom is 0.316 e. The number of methoxy groups -OCH3 is 1. The van der Waals surface area contributed by atoms with Crippen LogP contribution in [0.3, 0.4) is 0 Å². The first kappa shape index (κ1) is 42.3. The van der Waals surface area contributed by atoms with Gasteiger partial charge < -0.3 is 58.5 Å². The molecule has 4 N–H and O–H groups in total. The number of fused-ring (bicyclic) bond motifs is 3. The third-order valence-corrected chi connectivity index (χ3v) is 12.4. The van der Waals surface area contributed by atoms with Crippen LogP contribution in [-0.2, 0) is 42.7 Å². The zero-order valence-electron chi connectivity index (χ0n) is 33.7. The first-order valence-corrected chi connectivity index (χ1v) is 19.9. The molecule has 0 amide bonds. The second-order valence-electron chi connectivity index (χ2n) is 16.2. The third-order valence-electron chi connectivity index (χ3n) is 12.4. The average molecular weight is 812 g/mol. The van der Waals surface area contributed by atoms with E-state index in [2.05, 4.69) is 0 Å². The number of esters is 1. The lowest BCUT2D eigenvalue weighted by Crippen LogP contribution is -2.58. The molecule has 3 fully saturated rings. The van der Waals surface area contributed by atoms with Crippen molar-refractivity contribution in [3.8, 4) is 11.5 Å². The van der Waals surface area contributed by atoms with E-state index in [-0.39, 0.29) is 59.8 Å². The zero-order valence-corrected chi connectivity index (χ0v) is 33.7. The van der Waals surface area contributed by atoms with E-state index < -0.39 is 113 Å². The number of nitrogens with zero attached hydrogens (tertiary/aromatic N) is 1. The quantitative estimate of drug-likeness (QED) is 0.180. The van der Waals surface area contributed by atoms with Gasteiger partial charge >= 0.3 is 5.97 Å². The summed E-state index contributed by atoms with van der Waals surface area (Å²) >= 11 is 0. The topological polar surface area (TPSA) is 217 Å². The number of phenols is 2. The number of likely N-dealkylation sites (N-methyl/N-ethyl adjacent to an activating group) is 1. The minimum atomic E-state index is -1.88. The Morgan fingerprint density at radius 1 is 0.845 bits per heavy atom. The van der Waals surface area contributed by atoms with Crippen molar-refractivity contribution in [2.45, 2.75) is 145 Å². The molecule has 16 nitrogen and oxygen atoms in total. The first-order chi connectivity index (χ1) is 27.5. The Morgan fingerprint density at radius 3 is 1.97 bits per heavy atom. The van der Waals surface area contributed by atoms with Crippen LogP contribution in [-0.4, -0.2) is 137 Å². The second kappa shape index (κ2) is 16.3. The molecule has 2 aromatic carbocycles. The number of carbonyl (C=O) groups excluding carboxylic acids is 4. The molecule has 1 unspecified atom stereocenters. The molecular weight excluding hydrogens is 758 g/mol. The van der Waals surface area contributed by atoms with Crippen LogP contribution in [0.1, 0.15) is 121 Å². The Labute approximate surface area is 336 Å². The van der Waals surface area contributed by atoms with Crippen LogP contribution in [0.2, 0.25) is 0 Å². The molecule has 0 spiro atoms. The Hall–Kier alpha value is -3.84. The second-order valence-corrected chi connectivity index (χ2v) is 16.2. The van der Waals surface area contributed by atoms with Gasteiger partial charge in [-0.05, 0) is 41.3 Å². The maximum absolute atomic E-state index is 13.9. The van der Waals surface area contributed by atoms with Crippen molar-refractivity contribution in [3.63, 3.8) is 0 Å². The number of phenolic OH excluding ortho intramolecular Hbond substituents is 2. The van der Waals surface area contributed by atoms with Crippen LogP contribution >= 0.6 is 0 Å². The minimum Gasteiger partial charge on any atom is -0.507 e. The monoisotopic (exact) mass is 811 g/mol. The fraction of sp³-hybridized carbons (Fsp3) is 0.619. The van der Waals surface area contributed by atoms with Crippen LogP contribution in [0.25, 0.3) is 0 Å². The van der Waals surface area contributed by atoms with Gasteiger partial charge in [0, 0.05) is 60.4 Å². The standard InChI is InChI=1S/C42H53NO15/c1-8-42(51)17-26(30-31(34(42)41(50)52-7)38(49)33-32(37(30)48)35(46)21-11-9-10-12-22(21)36(33)47)56-28-15-23(43(5)6)39(19(3)54-28)58-29-16-25(45)40(20(4)55-29)57-27-14-13-24(44)18(2)53-27/h9-12,18-20,23,25-29,34,39-40,45,48-49,51H,8,13-17H2,1-7H3/t18-,19-,20-,23-,25-,26-,27-,28-,29-,34-,39+,40+,42?/m0/s1. The number of carbonyl (C=O) groups is 4. The predicted octanol–water partition coefficient (Wildman–Crippen LogP) is 3.16. The lowest BCUT2D eigenvalue weighted by Gasteiger charge is -2.48. The number of ketones is 3. The first-order valence-electron chi connectivity index (χ1n) is 19.9. The van der Waals surface area contributed by atoms with Gasteiger partial charge in [-0.1, -0.05) is 31.2 Å². The van der Waals surface area contributed by atoms with Crippen LogP contribution in [0.15, 0.2) is 24.3 Å². The maximum atomic E-state index is 13.9. The van der Waals surface area contributed by atoms with E-state index in [1.165, 1.54) is 12.1 Å². The number of hydrogen-bond donors (Lipinski definition) is 4. The molecule has 0 bridgehead atoms. The Bertz CT molecular complexity index is 1940. The average Bonchev–Trinajstić information content (AvgIpc) is 3.18. The van der Waals surface area contributed by atoms with Gasteiger partial charge in [-0.25, -0.2) is 0 Å². The summed E-state index contributed by atoms with van der Waals surface area (Å²) in [5.74, 6) is -5.26. The summed E-state index contributed by atoms with van der Waals surface area (Å²) in [7, 11) is 4.84. The molecule has 7 rings (SSSR count). The molecule has 0 radical (unpaired) electrons. The van der Waals surface area contributed by atoms with Crippen molar-refractivity contribution in [2.75, 3.05) is 21.2 Å². The van der Waals surface area contributed by atoms with E-state index in [9.17, 15) is 39.6 Å². The molecule has 3 heterocycles. The van der Waals surface area contributed by atoms with E-state index in [1.807, 2.05) is 19.0 Å². The largest absolute Gasteiger partial charge is 0.507 e. The van der Waals surface area contributed by atoms with Crippen molar-refractivity contribution in [3.05, 3.63) is 57.6 Å². The lowest BCUT2D eigenvalue weighted by atomic mass is 9.66. The van der Waals surface area contributed by atoms with Gasteiger partial charge in [-0.3, -0.25) is 19.2 Å². The number of aliphatic hydroxyl groups is 2. The summed E-state index contributed by atoms with van der Waals surface area (Å²) < 4.78 is 42.5. The number of benzene rings is 2. The number of rotatable bonds is 9. The van der Waals surface area contributed by atoms with E-state index in [0.717, 1.165) is 7.11 Å². The summed E-state index contributed by atoms with van der Waals surface area (Å²) in [5, 5.41) is 47.2. The number of aromatic hydroxyl groups is 2. The molecule has 3 aliphatic heterocycles. The van der Waals surface area contributed by atoms with E-state index in [1.54, 1.807) is 39.8 Å². The molecule has 16 heteroatoms. The summed E-state index contributed by atoms with van der Waals surface area (Å²) in [5.41, 5.74) is -3.11. The van der Waals surface area contributed by atoms with Crippen molar-refractivity contribution in [1.29, 1.82) is 0 Å². The van der Waals surface area contributed by atoms with Crippen LogP contribution in [0.5, 0.6) is 11.5 Å². The Kier molecular flexibility index (Phi) is 11.9. The van der Waals surface area contributed by atoms with Crippen molar-refractivity contribution < 1.29 is 72.8 Å². The van der Waals surface area contributed by atoms with E-state index >= 15 is 0 Å². The van der Waals surface area contributed by atoms with Gasteiger partial charge in [0.25, 0.3) is 0 Å². The predicted molar refractivity (Wildman–Crippen MR) is 201 cm³/mol. The fourth-order valence-electron chi connectivity index (χ4n) is 9.28. The van der Waals surface area contributed by atoms with E-state index in [0.29, 0.717) is 12.8 Å². The molecule has 316 valence electrons. The summed E-state index contributed by atoms with van der Waals surface area (Å²) in [4.78, 5) is 55.0. The highest BCUT2D eigenvalue weighted by Crippen LogP contribution is 2.57. The van der Waals surface area contributed by atoms with Crippen molar-refractivity contribution >= 4 is 23.3 Å². The highest BCUT2D eigenvalue weighted by molar-refractivity contribution is 6.30. The minimum absolute atomic E-state index is 0.00332. The third kappa shape index (κ3) is 7.36. The number of Topliss-reactive ketones (excluding diaryl/α,β-unsaturated/α-hetero) is 1. The molecule has 2 aliphatic carbocycles.